The Morgan fingerprint density at radius 3 is 2.29 bits per heavy atom. The smallest absolute Gasteiger partial charge is 0.0431 e. The minimum absolute atomic E-state index is 0.799. The lowest BCUT2D eigenvalue weighted by Gasteiger charge is -2.23. The van der Waals surface area contributed by atoms with Crippen LogP contribution >= 0.6 is 0 Å². The summed E-state index contributed by atoms with van der Waals surface area (Å²) in [7, 11) is 0. The lowest BCUT2D eigenvalue weighted by molar-refractivity contribution is 1.02. The van der Waals surface area contributed by atoms with E-state index in [1.807, 2.05) is 18.2 Å². The highest BCUT2D eigenvalue weighted by atomic mass is 15.1. The molecule has 2 aromatic rings. The Labute approximate surface area is 103 Å². The molecular weight excluding hydrogens is 208 g/mol. The lowest BCUT2D eigenvalue weighted by Crippen LogP contribution is -2.15. The molecule has 2 aromatic carbocycles. The predicted octanol–water partition coefficient (Wildman–Crippen LogP) is 3.74. The summed E-state index contributed by atoms with van der Waals surface area (Å²) in [4.78, 5) is 2.25. The van der Waals surface area contributed by atoms with Crippen LogP contribution in [0.2, 0.25) is 0 Å². The fourth-order valence-electron chi connectivity index (χ4n) is 1.93. The lowest BCUT2D eigenvalue weighted by atomic mass is 10.2. The number of aryl methyl sites for hydroxylation is 1. The van der Waals surface area contributed by atoms with Crippen molar-refractivity contribution in [2.45, 2.75) is 13.8 Å². The van der Waals surface area contributed by atoms with Gasteiger partial charge in [0.2, 0.25) is 0 Å². The molecule has 0 bridgehead atoms. The van der Waals surface area contributed by atoms with E-state index in [2.05, 4.69) is 49.1 Å². The Kier molecular flexibility index (Phi) is 3.33. The molecule has 88 valence electrons. The molecule has 0 spiro atoms. The first-order chi connectivity index (χ1) is 8.20. The molecule has 0 atom stereocenters. The van der Waals surface area contributed by atoms with Gasteiger partial charge < -0.3 is 10.6 Å². The zero-order chi connectivity index (χ0) is 12.3. The number of rotatable bonds is 3. The third kappa shape index (κ3) is 2.59. The average molecular weight is 226 g/mol. The van der Waals surface area contributed by atoms with Crippen molar-refractivity contribution in [1.29, 1.82) is 0 Å². The molecule has 0 heterocycles. The summed E-state index contributed by atoms with van der Waals surface area (Å²) < 4.78 is 0. The maximum absolute atomic E-state index is 5.83. The van der Waals surface area contributed by atoms with Crippen LogP contribution < -0.4 is 10.6 Å². The van der Waals surface area contributed by atoms with Crippen molar-refractivity contribution < 1.29 is 0 Å². The summed E-state index contributed by atoms with van der Waals surface area (Å²) in [6.07, 6.45) is 0. The number of nitrogens with zero attached hydrogens (tertiary/aromatic N) is 1. The Hall–Kier alpha value is -1.96. The van der Waals surface area contributed by atoms with E-state index in [-0.39, 0.29) is 0 Å². The Morgan fingerprint density at radius 1 is 1.00 bits per heavy atom. The van der Waals surface area contributed by atoms with Gasteiger partial charge in [0.1, 0.15) is 0 Å². The summed E-state index contributed by atoms with van der Waals surface area (Å²) in [6.45, 7) is 5.16. The highest BCUT2D eigenvalue weighted by Crippen LogP contribution is 2.26. The molecule has 2 heteroatoms. The molecule has 0 aliphatic heterocycles. The van der Waals surface area contributed by atoms with Crippen LogP contribution in [-0.4, -0.2) is 6.54 Å². The highest BCUT2D eigenvalue weighted by molar-refractivity contribution is 5.66. The SMILES string of the molecule is CCN(c1ccc(C)cc1)c1cccc(N)c1. The number of nitrogens with two attached hydrogens (primary N) is 1. The summed E-state index contributed by atoms with van der Waals surface area (Å²) in [5, 5.41) is 0. The van der Waals surface area contributed by atoms with Crippen molar-refractivity contribution in [2.75, 3.05) is 17.2 Å². The number of nitrogen functional groups attached to an aromatic ring is 1. The van der Waals surface area contributed by atoms with Crippen LogP contribution in [0, 0.1) is 6.92 Å². The normalized spacial score (nSPS) is 10.2. The van der Waals surface area contributed by atoms with Gasteiger partial charge in [-0.3, -0.25) is 0 Å². The van der Waals surface area contributed by atoms with Crippen LogP contribution in [0.3, 0.4) is 0 Å². The fourth-order valence-corrected chi connectivity index (χ4v) is 1.93. The molecule has 0 saturated heterocycles. The van der Waals surface area contributed by atoms with Crippen molar-refractivity contribution in [2.24, 2.45) is 0 Å². The molecule has 2 nitrogen and oxygen atoms in total. The second-order valence-electron chi connectivity index (χ2n) is 4.17. The number of hydrogen-bond donors (Lipinski definition) is 1. The monoisotopic (exact) mass is 226 g/mol. The van der Waals surface area contributed by atoms with Crippen molar-refractivity contribution in [3.63, 3.8) is 0 Å². The van der Waals surface area contributed by atoms with Gasteiger partial charge in [0.25, 0.3) is 0 Å². The topological polar surface area (TPSA) is 29.3 Å². The molecule has 0 fully saturated rings. The molecule has 0 aromatic heterocycles. The van der Waals surface area contributed by atoms with E-state index in [1.54, 1.807) is 0 Å². The van der Waals surface area contributed by atoms with Crippen LogP contribution in [0.25, 0.3) is 0 Å². The highest BCUT2D eigenvalue weighted by Gasteiger charge is 2.06. The van der Waals surface area contributed by atoms with E-state index in [0.717, 1.165) is 17.9 Å². The first-order valence-corrected chi connectivity index (χ1v) is 5.90. The van der Waals surface area contributed by atoms with Gasteiger partial charge in [-0.05, 0) is 44.2 Å². The molecule has 2 rings (SSSR count). The molecule has 0 radical (unpaired) electrons. The Morgan fingerprint density at radius 2 is 1.71 bits per heavy atom. The van der Waals surface area contributed by atoms with Crippen molar-refractivity contribution in [3.8, 4) is 0 Å². The maximum atomic E-state index is 5.83. The molecule has 2 N–H and O–H groups in total. The van der Waals surface area contributed by atoms with Gasteiger partial charge in [-0.25, -0.2) is 0 Å². The Balaban J connectivity index is 2.36. The first kappa shape index (κ1) is 11.5. The van der Waals surface area contributed by atoms with Crippen molar-refractivity contribution >= 4 is 17.1 Å². The van der Waals surface area contributed by atoms with Crippen LogP contribution in [0.1, 0.15) is 12.5 Å². The van der Waals surface area contributed by atoms with E-state index in [9.17, 15) is 0 Å². The fraction of sp³-hybridized carbons (Fsp3) is 0.200. The van der Waals surface area contributed by atoms with Crippen LogP contribution in [0.5, 0.6) is 0 Å². The first-order valence-electron chi connectivity index (χ1n) is 5.90. The van der Waals surface area contributed by atoms with Gasteiger partial charge in [-0.1, -0.05) is 23.8 Å². The quantitative estimate of drug-likeness (QED) is 0.808. The zero-order valence-electron chi connectivity index (χ0n) is 10.4. The number of anilines is 3. The van der Waals surface area contributed by atoms with Gasteiger partial charge in [0, 0.05) is 23.6 Å². The maximum Gasteiger partial charge on any atom is 0.0431 e. The molecule has 0 amide bonds. The molecule has 0 aliphatic rings. The van der Waals surface area contributed by atoms with Crippen LogP contribution in [-0.2, 0) is 0 Å². The van der Waals surface area contributed by atoms with E-state index in [1.165, 1.54) is 11.3 Å². The second-order valence-corrected chi connectivity index (χ2v) is 4.17. The summed E-state index contributed by atoms with van der Waals surface area (Å²) in [6, 6.07) is 16.5. The van der Waals surface area contributed by atoms with E-state index in [0.29, 0.717) is 0 Å². The van der Waals surface area contributed by atoms with Gasteiger partial charge in [-0.2, -0.15) is 0 Å². The van der Waals surface area contributed by atoms with Crippen molar-refractivity contribution in [1.82, 2.24) is 0 Å². The molecule has 0 aliphatic carbocycles. The van der Waals surface area contributed by atoms with Crippen LogP contribution in [0.15, 0.2) is 48.5 Å². The van der Waals surface area contributed by atoms with Crippen molar-refractivity contribution in [3.05, 3.63) is 54.1 Å². The third-order valence-electron chi connectivity index (χ3n) is 2.84. The largest absolute Gasteiger partial charge is 0.399 e. The standard InChI is InChI=1S/C15H18N2/c1-3-17(14-9-7-12(2)8-10-14)15-6-4-5-13(16)11-15/h4-11H,3,16H2,1-2H3. The third-order valence-corrected chi connectivity index (χ3v) is 2.84. The molecule has 0 unspecified atom stereocenters. The molecular formula is C15H18N2. The van der Waals surface area contributed by atoms with E-state index in [4.69, 9.17) is 5.73 Å². The van der Waals surface area contributed by atoms with Crippen LogP contribution in [0.4, 0.5) is 17.1 Å². The number of benzene rings is 2. The number of hydrogen-bond acceptors (Lipinski definition) is 2. The summed E-state index contributed by atoms with van der Waals surface area (Å²) in [5.41, 5.74) is 10.2. The Bertz CT molecular complexity index is 489. The van der Waals surface area contributed by atoms with E-state index < -0.39 is 0 Å². The predicted molar refractivity (Wildman–Crippen MR) is 74.7 cm³/mol. The summed E-state index contributed by atoms with van der Waals surface area (Å²) >= 11 is 0. The van der Waals surface area contributed by atoms with Gasteiger partial charge in [0.15, 0.2) is 0 Å². The van der Waals surface area contributed by atoms with Gasteiger partial charge in [0.05, 0.1) is 0 Å². The van der Waals surface area contributed by atoms with Gasteiger partial charge in [-0.15, -0.1) is 0 Å². The molecule has 17 heavy (non-hydrogen) atoms. The summed E-state index contributed by atoms with van der Waals surface area (Å²) in [5.74, 6) is 0. The van der Waals surface area contributed by atoms with E-state index >= 15 is 0 Å². The molecule has 0 saturated carbocycles. The minimum Gasteiger partial charge on any atom is -0.399 e. The average Bonchev–Trinajstić information content (AvgIpc) is 2.33. The van der Waals surface area contributed by atoms with Gasteiger partial charge >= 0.3 is 0 Å². The zero-order valence-corrected chi connectivity index (χ0v) is 10.4. The minimum atomic E-state index is 0.799. The second kappa shape index (κ2) is 4.91.